The monoisotopic (exact) mass is 300 g/mol. The predicted octanol–water partition coefficient (Wildman–Crippen LogP) is 2.34. The molecule has 2 aromatic rings. The van der Waals surface area contributed by atoms with Gasteiger partial charge in [-0.1, -0.05) is 12.1 Å². The summed E-state index contributed by atoms with van der Waals surface area (Å²) >= 11 is 0. The first-order valence-corrected chi connectivity index (χ1v) is 7.18. The van der Waals surface area contributed by atoms with Gasteiger partial charge in [-0.25, -0.2) is 0 Å². The lowest BCUT2D eigenvalue weighted by Gasteiger charge is -2.18. The van der Waals surface area contributed by atoms with E-state index in [1.165, 1.54) is 12.1 Å². The Morgan fingerprint density at radius 3 is 2.64 bits per heavy atom. The molecule has 0 saturated carbocycles. The average Bonchev–Trinajstić information content (AvgIpc) is 2.51. The molecule has 0 saturated heterocycles. The third-order valence-electron chi connectivity index (χ3n) is 3.55. The second-order valence-corrected chi connectivity index (χ2v) is 5.44. The number of phenols is 2. The van der Waals surface area contributed by atoms with Crippen LogP contribution in [0.1, 0.15) is 30.9 Å². The number of aromatic hydroxyl groups is 2. The van der Waals surface area contributed by atoms with E-state index in [1.807, 2.05) is 26.0 Å². The molecule has 116 valence electrons. The van der Waals surface area contributed by atoms with Gasteiger partial charge >= 0.3 is 0 Å². The van der Waals surface area contributed by atoms with Gasteiger partial charge in [0.15, 0.2) is 11.5 Å². The number of rotatable bonds is 5. The van der Waals surface area contributed by atoms with Crippen LogP contribution in [0.4, 0.5) is 0 Å². The summed E-state index contributed by atoms with van der Waals surface area (Å²) < 4.78 is 0. The van der Waals surface area contributed by atoms with E-state index in [0.717, 1.165) is 11.1 Å². The molecule has 0 bridgehead atoms. The number of carbonyl (C=O) groups is 1. The Morgan fingerprint density at radius 2 is 2.00 bits per heavy atom. The summed E-state index contributed by atoms with van der Waals surface area (Å²) in [5.41, 5.74) is 1.71. The predicted molar refractivity (Wildman–Crippen MR) is 83.7 cm³/mol. The Balaban J connectivity index is 1.95. The van der Waals surface area contributed by atoms with Crippen LogP contribution >= 0.6 is 0 Å². The summed E-state index contributed by atoms with van der Waals surface area (Å²) in [6, 6.07) is 8.26. The van der Waals surface area contributed by atoms with Gasteiger partial charge in [-0.15, -0.1) is 0 Å². The Labute approximate surface area is 129 Å². The molecular formula is C17H20N2O3. The molecule has 0 fully saturated rings. The number of hydrogen-bond acceptors (Lipinski definition) is 4. The summed E-state index contributed by atoms with van der Waals surface area (Å²) in [7, 11) is 0. The van der Waals surface area contributed by atoms with Crippen molar-refractivity contribution in [3.63, 3.8) is 0 Å². The van der Waals surface area contributed by atoms with Gasteiger partial charge in [0.05, 0.1) is 5.92 Å². The molecule has 5 nitrogen and oxygen atoms in total. The number of nitrogens with one attached hydrogen (secondary N) is 1. The molecule has 2 unspecified atom stereocenters. The van der Waals surface area contributed by atoms with E-state index in [-0.39, 0.29) is 29.4 Å². The Bertz CT molecular complexity index is 644. The van der Waals surface area contributed by atoms with Crippen molar-refractivity contribution in [1.82, 2.24) is 10.3 Å². The van der Waals surface area contributed by atoms with Crippen LogP contribution in [-0.2, 0) is 11.2 Å². The van der Waals surface area contributed by atoms with Crippen molar-refractivity contribution < 1.29 is 15.0 Å². The lowest BCUT2D eigenvalue weighted by Crippen LogP contribution is -2.36. The summed E-state index contributed by atoms with van der Waals surface area (Å²) in [5.74, 6) is -0.640. The fourth-order valence-corrected chi connectivity index (χ4v) is 2.25. The van der Waals surface area contributed by atoms with E-state index in [4.69, 9.17) is 0 Å². The molecule has 22 heavy (non-hydrogen) atoms. The van der Waals surface area contributed by atoms with Crippen LogP contribution < -0.4 is 5.32 Å². The molecule has 2 atom stereocenters. The Morgan fingerprint density at radius 1 is 1.23 bits per heavy atom. The highest BCUT2D eigenvalue weighted by Crippen LogP contribution is 2.25. The zero-order valence-electron chi connectivity index (χ0n) is 12.7. The van der Waals surface area contributed by atoms with Gasteiger partial charge in [0, 0.05) is 18.4 Å². The van der Waals surface area contributed by atoms with Gasteiger partial charge in [-0.05, 0) is 49.6 Å². The quantitative estimate of drug-likeness (QED) is 0.740. The van der Waals surface area contributed by atoms with Crippen LogP contribution in [0.15, 0.2) is 42.7 Å². The summed E-state index contributed by atoms with van der Waals surface area (Å²) in [5, 5.41) is 21.7. The zero-order chi connectivity index (χ0) is 16.1. The van der Waals surface area contributed by atoms with Gasteiger partial charge in [-0.2, -0.15) is 0 Å². The van der Waals surface area contributed by atoms with Crippen molar-refractivity contribution in [3.8, 4) is 11.5 Å². The molecule has 1 aromatic carbocycles. The van der Waals surface area contributed by atoms with E-state index in [9.17, 15) is 15.0 Å². The molecule has 0 spiro atoms. The number of aromatic nitrogens is 1. The molecule has 2 rings (SSSR count). The van der Waals surface area contributed by atoms with Gasteiger partial charge in [0.2, 0.25) is 5.91 Å². The number of amides is 1. The summed E-state index contributed by atoms with van der Waals surface area (Å²) in [4.78, 5) is 16.3. The molecule has 5 heteroatoms. The minimum Gasteiger partial charge on any atom is -0.504 e. The fraction of sp³-hybridized carbons (Fsp3) is 0.294. The molecule has 0 radical (unpaired) electrons. The van der Waals surface area contributed by atoms with E-state index >= 15 is 0 Å². The molecule has 0 aliphatic carbocycles. The fourth-order valence-electron chi connectivity index (χ4n) is 2.25. The highest BCUT2D eigenvalue weighted by molar-refractivity contribution is 5.83. The van der Waals surface area contributed by atoms with Crippen LogP contribution in [0.5, 0.6) is 11.5 Å². The van der Waals surface area contributed by atoms with E-state index < -0.39 is 0 Å². The topological polar surface area (TPSA) is 82.5 Å². The highest BCUT2D eigenvalue weighted by Gasteiger charge is 2.17. The summed E-state index contributed by atoms with van der Waals surface area (Å²) in [6.45, 7) is 3.74. The Kier molecular flexibility index (Phi) is 4.99. The van der Waals surface area contributed by atoms with E-state index in [0.29, 0.717) is 6.42 Å². The SMILES string of the molecule is CC(Cc1ccc(O)c(O)c1)NC(=O)C(C)c1cccnc1. The third-order valence-corrected chi connectivity index (χ3v) is 3.55. The average molecular weight is 300 g/mol. The van der Waals surface area contributed by atoms with E-state index in [1.54, 1.807) is 18.5 Å². The molecule has 3 N–H and O–H groups in total. The number of hydrogen-bond donors (Lipinski definition) is 3. The van der Waals surface area contributed by atoms with Crippen molar-refractivity contribution in [3.05, 3.63) is 53.9 Å². The third kappa shape index (κ3) is 3.97. The van der Waals surface area contributed by atoms with Crippen LogP contribution in [-0.4, -0.2) is 27.1 Å². The second-order valence-electron chi connectivity index (χ2n) is 5.44. The van der Waals surface area contributed by atoms with Gasteiger partial charge < -0.3 is 15.5 Å². The number of nitrogens with zero attached hydrogens (tertiary/aromatic N) is 1. The molecule has 1 amide bonds. The standard InChI is InChI=1S/C17H20N2O3/c1-11(8-13-5-6-15(20)16(21)9-13)19-17(22)12(2)14-4-3-7-18-10-14/h3-7,9-12,20-21H,8H2,1-2H3,(H,19,22). The number of benzene rings is 1. The van der Waals surface area contributed by atoms with Crippen LogP contribution in [0, 0.1) is 0 Å². The molecule has 0 aliphatic rings. The second kappa shape index (κ2) is 6.93. The summed E-state index contributed by atoms with van der Waals surface area (Å²) in [6.07, 6.45) is 3.93. The van der Waals surface area contributed by atoms with Crippen LogP contribution in [0.2, 0.25) is 0 Å². The number of phenolic OH excluding ortho intramolecular Hbond substituents is 2. The van der Waals surface area contributed by atoms with Crippen molar-refractivity contribution >= 4 is 5.91 Å². The maximum atomic E-state index is 12.2. The molecule has 0 aliphatic heterocycles. The highest BCUT2D eigenvalue weighted by atomic mass is 16.3. The normalized spacial score (nSPS) is 13.4. The first-order valence-electron chi connectivity index (χ1n) is 7.18. The van der Waals surface area contributed by atoms with E-state index in [2.05, 4.69) is 10.3 Å². The maximum absolute atomic E-state index is 12.2. The van der Waals surface area contributed by atoms with Crippen molar-refractivity contribution in [2.24, 2.45) is 0 Å². The lowest BCUT2D eigenvalue weighted by molar-refractivity contribution is -0.122. The Hall–Kier alpha value is -2.56. The van der Waals surface area contributed by atoms with Crippen LogP contribution in [0.3, 0.4) is 0 Å². The first-order chi connectivity index (χ1) is 10.5. The minimum absolute atomic E-state index is 0.0662. The van der Waals surface area contributed by atoms with Gasteiger partial charge in [-0.3, -0.25) is 9.78 Å². The largest absolute Gasteiger partial charge is 0.504 e. The van der Waals surface area contributed by atoms with Crippen molar-refractivity contribution in [1.29, 1.82) is 0 Å². The maximum Gasteiger partial charge on any atom is 0.227 e. The number of pyridine rings is 1. The minimum atomic E-state index is -0.274. The molecule has 1 heterocycles. The van der Waals surface area contributed by atoms with Crippen molar-refractivity contribution in [2.45, 2.75) is 32.2 Å². The molecule has 1 aromatic heterocycles. The zero-order valence-corrected chi connectivity index (χ0v) is 12.7. The molecular weight excluding hydrogens is 280 g/mol. The van der Waals surface area contributed by atoms with Gasteiger partial charge in [0.1, 0.15) is 0 Å². The smallest absolute Gasteiger partial charge is 0.227 e. The van der Waals surface area contributed by atoms with Crippen LogP contribution in [0.25, 0.3) is 0 Å². The lowest BCUT2D eigenvalue weighted by atomic mass is 10.0. The van der Waals surface area contributed by atoms with Gasteiger partial charge in [0.25, 0.3) is 0 Å². The number of carbonyl (C=O) groups excluding carboxylic acids is 1. The van der Waals surface area contributed by atoms with Crippen molar-refractivity contribution in [2.75, 3.05) is 0 Å². The first kappa shape index (κ1) is 15.8.